The summed E-state index contributed by atoms with van der Waals surface area (Å²) >= 11 is 3.78. The van der Waals surface area contributed by atoms with Crippen LogP contribution in [0.2, 0.25) is 0 Å². The van der Waals surface area contributed by atoms with E-state index in [1.807, 2.05) is 6.07 Å². The first-order valence-corrected chi connectivity index (χ1v) is 8.09. The van der Waals surface area contributed by atoms with Crippen LogP contribution in [-0.2, 0) is 6.42 Å². The molecule has 1 heterocycles. The number of halogens is 1. The van der Waals surface area contributed by atoms with E-state index in [9.17, 15) is 4.79 Å². The zero-order valence-electron chi connectivity index (χ0n) is 12.2. The molecule has 0 fully saturated rings. The Kier molecular flexibility index (Phi) is 3.85. The fourth-order valence-corrected chi connectivity index (χ4v) is 3.48. The minimum absolute atomic E-state index is 0.0400. The number of benzene rings is 2. The first-order chi connectivity index (χ1) is 10.0. The lowest BCUT2D eigenvalue weighted by Crippen LogP contribution is -2.31. The summed E-state index contributed by atoms with van der Waals surface area (Å²) in [6, 6.07) is 12.8. The zero-order valence-corrected chi connectivity index (χ0v) is 13.8. The number of carbonyl (C=O) groups excluding carboxylic acids is 1. The summed E-state index contributed by atoms with van der Waals surface area (Å²) < 4.78 is 0. The van der Waals surface area contributed by atoms with Crippen molar-refractivity contribution in [2.75, 3.05) is 6.54 Å². The van der Waals surface area contributed by atoms with Gasteiger partial charge in [-0.2, -0.15) is 0 Å². The topological polar surface area (TPSA) is 29.1 Å². The van der Waals surface area contributed by atoms with E-state index in [1.165, 1.54) is 16.7 Å². The highest BCUT2D eigenvalue weighted by molar-refractivity contribution is 9.09. The van der Waals surface area contributed by atoms with Crippen LogP contribution in [0.3, 0.4) is 0 Å². The maximum absolute atomic E-state index is 12.0. The highest BCUT2D eigenvalue weighted by Crippen LogP contribution is 2.33. The van der Waals surface area contributed by atoms with Crippen molar-refractivity contribution < 1.29 is 4.79 Å². The van der Waals surface area contributed by atoms with Crippen molar-refractivity contribution >= 4 is 21.8 Å². The molecule has 21 heavy (non-hydrogen) atoms. The van der Waals surface area contributed by atoms with Gasteiger partial charge in [0.15, 0.2) is 0 Å². The van der Waals surface area contributed by atoms with Gasteiger partial charge in [0.05, 0.1) is 4.83 Å². The van der Waals surface area contributed by atoms with Crippen LogP contribution < -0.4 is 5.32 Å². The van der Waals surface area contributed by atoms with Gasteiger partial charge in [-0.15, -0.1) is 0 Å². The van der Waals surface area contributed by atoms with Crippen molar-refractivity contribution in [3.05, 3.63) is 69.8 Å². The Bertz CT molecular complexity index is 688. The Balaban J connectivity index is 2.00. The van der Waals surface area contributed by atoms with Crippen LogP contribution in [0.25, 0.3) is 0 Å². The SMILES string of the molecule is Cc1cc(C)cc(C(Br)c2ccc3c(c2)C(=O)NCC3)c1. The lowest BCUT2D eigenvalue weighted by molar-refractivity contribution is 0.0946. The molecular formula is C18H18BrNO. The standard InChI is InChI=1S/C18H18BrNO/c1-11-7-12(2)9-15(8-11)17(19)14-4-3-13-5-6-20-18(21)16(13)10-14/h3-4,7-10,17H,5-6H2,1-2H3,(H,20,21). The van der Waals surface area contributed by atoms with Gasteiger partial charge in [0.1, 0.15) is 0 Å². The second kappa shape index (κ2) is 5.64. The number of hydrogen-bond acceptors (Lipinski definition) is 1. The van der Waals surface area contributed by atoms with Gasteiger partial charge in [0.25, 0.3) is 5.91 Å². The minimum Gasteiger partial charge on any atom is -0.352 e. The maximum atomic E-state index is 12.0. The molecule has 0 aromatic heterocycles. The Morgan fingerprint density at radius 3 is 2.48 bits per heavy atom. The van der Waals surface area contributed by atoms with Gasteiger partial charge in [0, 0.05) is 12.1 Å². The molecule has 3 heteroatoms. The number of fused-ring (bicyclic) bond motifs is 1. The van der Waals surface area contributed by atoms with Crippen LogP contribution in [0.1, 0.15) is 43.0 Å². The lowest BCUT2D eigenvalue weighted by Gasteiger charge is -2.19. The minimum atomic E-state index is 0.0400. The van der Waals surface area contributed by atoms with Gasteiger partial charge < -0.3 is 5.32 Å². The lowest BCUT2D eigenvalue weighted by atomic mass is 9.94. The Hall–Kier alpha value is -1.61. The normalized spacial score (nSPS) is 15.3. The number of nitrogens with one attached hydrogen (secondary N) is 1. The maximum Gasteiger partial charge on any atom is 0.251 e. The smallest absolute Gasteiger partial charge is 0.251 e. The average molecular weight is 344 g/mol. The molecule has 0 saturated carbocycles. The van der Waals surface area contributed by atoms with Crippen molar-refractivity contribution in [1.82, 2.24) is 5.32 Å². The Morgan fingerprint density at radius 1 is 1.05 bits per heavy atom. The second-order valence-corrected chi connectivity index (χ2v) is 6.62. The monoisotopic (exact) mass is 343 g/mol. The van der Waals surface area contributed by atoms with E-state index in [2.05, 4.69) is 65.4 Å². The third kappa shape index (κ3) is 2.88. The molecule has 1 amide bonds. The number of hydrogen-bond donors (Lipinski definition) is 1. The van der Waals surface area contributed by atoms with E-state index < -0.39 is 0 Å². The van der Waals surface area contributed by atoms with Gasteiger partial charge in [-0.25, -0.2) is 0 Å². The third-order valence-corrected chi connectivity index (χ3v) is 4.95. The molecule has 1 N–H and O–H groups in total. The average Bonchev–Trinajstić information content (AvgIpc) is 2.45. The first kappa shape index (κ1) is 14.3. The second-order valence-electron chi connectivity index (χ2n) is 5.71. The molecule has 0 radical (unpaired) electrons. The predicted molar refractivity (Wildman–Crippen MR) is 89.2 cm³/mol. The number of amides is 1. The van der Waals surface area contributed by atoms with Gasteiger partial charge in [0.2, 0.25) is 0 Å². The zero-order chi connectivity index (χ0) is 15.0. The van der Waals surface area contributed by atoms with Crippen molar-refractivity contribution in [3.8, 4) is 0 Å². The van der Waals surface area contributed by atoms with Crippen molar-refractivity contribution in [2.24, 2.45) is 0 Å². The number of rotatable bonds is 2. The molecule has 0 spiro atoms. The third-order valence-electron chi connectivity index (χ3n) is 3.89. The highest BCUT2D eigenvalue weighted by atomic mass is 79.9. The molecule has 2 aromatic rings. The molecule has 2 nitrogen and oxygen atoms in total. The summed E-state index contributed by atoms with van der Waals surface area (Å²) in [6.45, 7) is 4.95. The van der Waals surface area contributed by atoms with Crippen LogP contribution >= 0.6 is 15.9 Å². The van der Waals surface area contributed by atoms with Crippen molar-refractivity contribution in [2.45, 2.75) is 25.1 Å². The fraction of sp³-hybridized carbons (Fsp3) is 0.278. The Morgan fingerprint density at radius 2 is 1.76 bits per heavy atom. The van der Waals surface area contributed by atoms with Crippen molar-refractivity contribution in [3.63, 3.8) is 0 Å². The number of alkyl halides is 1. The molecule has 2 aromatic carbocycles. The van der Waals surface area contributed by atoms with E-state index in [-0.39, 0.29) is 10.7 Å². The summed E-state index contributed by atoms with van der Waals surface area (Å²) in [4.78, 5) is 12.1. The van der Waals surface area contributed by atoms with E-state index in [1.54, 1.807) is 0 Å². The summed E-state index contributed by atoms with van der Waals surface area (Å²) in [6.07, 6.45) is 0.915. The van der Waals surface area contributed by atoms with Crippen LogP contribution in [0.15, 0.2) is 36.4 Å². The van der Waals surface area contributed by atoms with Gasteiger partial charge in [-0.3, -0.25) is 4.79 Å². The Labute approximate surface area is 133 Å². The van der Waals surface area contributed by atoms with Gasteiger partial charge >= 0.3 is 0 Å². The molecule has 0 aliphatic carbocycles. The van der Waals surface area contributed by atoms with E-state index >= 15 is 0 Å². The molecule has 3 rings (SSSR count). The predicted octanol–water partition coefficient (Wildman–Crippen LogP) is 4.07. The van der Waals surface area contributed by atoms with Crippen LogP contribution in [-0.4, -0.2) is 12.5 Å². The summed E-state index contributed by atoms with van der Waals surface area (Å²) in [5.74, 6) is 0.0400. The quantitative estimate of drug-likeness (QED) is 0.818. The first-order valence-electron chi connectivity index (χ1n) is 7.18. The van der Waals surface area contributed by atoms with Crippen molar-refractivity contribution in [1.29, 1.82) is 0 Å². The van der Waals surface area contributed by atoms with Gasteiger partial charge in [-0.1, -0.05) is 57.4 Å². The van der Waals surface area contributed by atoms with Crippen LogP contribution in [0, 0.1) is 13.8 Å². The largest absolute Gasteiger partial charge is 0.352 e. The molecular weight excluding hydrogens is 326 g/mol. The fourth-order valence-electron chi connectivity index (χ4n) is 2.94. The summed E-state index contributed by atoms with van der Waals surface area (Å²) in [5, 5.41) is 2.91. The highest BCUT2D eigenvalue weighted by Gasteiger charge is 2.19. The molecule has 1 unspecified atom stereocenters. The van der Waals surface area contributed by atoms with E-state index in [4.69, 9.17) is 0 Å². The van der Waals surface area contributed by atoms with Crippen LogP contribution in [0.5, 0.6) is 0 Å². The molecule has 0 bridgehead atoms. The van der Waals surface area contributed by atoms with Crippen LogP contribution in [0.4, 0.5) is 0 Å². The summed E-state index contributed by atoms with van der Waals surface area (Å²) in [5.41, 5.74) is 6.81. The van der Waals surface area contributed by atoms with E-state index in [0.717, 1.165) is 29.7 Å². The molecule has 0 saturated heterocycles. The molecule has 108 valence electrons. The van der Waals surface area contributed by atoms with Gasteiger partial charge in [-0.05, 0) is 43.0 Å². The molecule has 1 atom stereocenters. The summed E-state index contributed by atoms with van der Waals surface area (Å²) in [7, 11) is 0. The number of carbonyl (C=O) groups is 1. The molecule has 1 aliphatic rings. The van der Waals surface area contributed by atoms with E-state index in [0.29, 0.717) is 0 Å². The molecule has 1 aliphatic heterocycles. The number of aryl methyl sites for hydroxylation is 2.